The Bertz CT molecular complexity index is 2310. The van der Waals surface area contributed by atoms with Crippen molar-refractivity contribution in [1.82, 2.24) is 4.90 Å². The highest BCUT2D eigenvalue weighted by molar-refractivity contribution is 5.70. The van der Waals surface area contributed by atoms with Crippen molar-refractivity contribution in [3.8, 4) is 0 Å². The lowest BCUT2D eigenvalue weighted by atomic mass is 9.59. The molecule has 6 atom stereocenters. The van der Waals surface area contributed by atoms with Crippen LogP contribution >= 0.6 is 0 Å². The molecule has 2 nitrogen and oxygen atoms in total. The Kier molecular flexibility index (Phi) is 8.82. The number of aryl methyl sites for hydroxylation is 1. The van der Waals surface area contributed by atoms with Crippen LogP contribution in [0.3, 0.4) is 0 Å². The minimum Gasteiger partial charge on any atom is -0.338 e. The summed E-state index contributed by atoms with van der Waals surface area (Å²) in [6, 6.07) is 7.54. The lowest BCUT2D eigenvalue weighted by Crippen LogP contribution is -2.42. The van der Waals surface area contributed by atoms with Crippen molar-refractivity contribution in [1.29, 1.82) is 0 Å². The summed E-state index contributed by atoms with van der Waals surface area (Å²) in [5.74, 6) is 2.33. The van der Waals surface area contributed by atoms with E-state index in [4.69, 9.17) is 0 Å². The normalized spacial score (nSPS) is 30.5. The van der Waals surface area contributed by atoms with Crippen molar-refractivity contribution >= 4 is 11.8 Å². The molecule has 1 aromatic carbocycles. The van der Waals surface area contributed by atoms with Crippen LogP contribution in [-0.2, 0) is 6.42 Å². The number of hydrogen-bond donors (Lipinski definition) is 0. The molecule has 1 aromatic rings. The molecule has 6 bridgehead atoms. The van der Waals surface area contributed by atoms with Gasteiger partial charge in [0, 0.05) is 46.2 Å². The fourth-order valence-electron chi connectivity index (χ4n) is 11.3. The molecule has 0 fully saturated rings. The van der Waals surface area contributed by atoms with Crippen LogP contribution in [0.5, 0.6) is 0 Å². The number of anilines is 1. The highest BCUT2D eigenvalue weighted by Gasteiger charge is 2.44. The van der Waals surface area contributed by atoms with Gasteiger partial charge in [0.15, 0.2) is 0 Å². The molecule has 11 aliphatic carbocycles. The van der Waals surface area contributed by atoms with Crippen molar-refractivity contribution < 1.29 is 0 Å². The Labute approximate surface area is 334 Å². The van der Waals surface area contributed by atoms with E-state index in [9.17, 15) is 0 Å². The lowest BCUT2D eigenvalue weighted by Gasteiger charge is -2.50. The summed E-state index contributed by atoms with van der Waals surface area (Å²) in [5.41, 5.74) is 17.9. The molecular formula is C54H54N2. The molecule has 56 heavy (non-hydrogen) atoms. The van der Waals surface area contributed by atoms with Gasteiger partial charge in [0.05, 0.1) is 6.04 Å². The van der Waals surface area contributed by atoms with Gasteiger partial charge in [0.2, 0.25) is 0 Å². The third kappa shape index (κ3) is 6.08. The lowest BCUT2D eigenvalue weighted by molar-refractivity contribution is 0.315. The second kappa shape index (κ2) is 14.5. The van der Waals surface area contributed by atoms with E-state index in [1.807, 2.05) is 0 Å². The number of benzene rings is 1. The molecule has 0 spiro atoms. The predicted molar refractivity (Wildman–Crippen MR) is 234 cm³/mol. The quantitative estimate of drug-likeness (QED) is 0.246. The van der Waals surface area contributed by atoms with Gasteiger partial charge in [0.25, 0.3) is 0 Å². The van der Waals surface area contributed by atoms with Crippen LogP contribution in [0.15, 0.2) is 190 Å². The number of allylic oxidation sites excluding steroid dienone is 24. The zero-order valence-corrected chi connectivity index (χ0v) is 32.7. The van der Waals surface area contributed by atoms with E-state index in [1.54, 1.807) is 33.6 Å². The van der Waals surface area contributed by atoms with E-state index in [1.165, 1.54) is 72.4 Å². The fourth-order valence-corrected chi connectivity index (χ4v) is 11.3. The molecule has 11 aliphatic rings. The minimum atomic E-state index is 0.402. The molecule has 0 amide bonds. The van der Waals surface area contributed by atoms with Crippen molar-refractivity contribution in [2.24, 2.45) is 29.6 Å². The Morgan fingerprint density at radius 2 is 1.59 bits per heavy atom. The molecule has 0 aliphatic heterocycles. The number of fused-ring (bicyclic) bond motifs is 2. The number of rotatable bonds is 8. The van der Waals surface area contributed by atoms with Crippen molar-refractivity contribution in [3.05, 3.63) is 202 Å². The third-order valence-electron chi connectivity index (χ3n) is 14.2. The first-order valence-electron chi connectivity index (χ1n) is 21.9. The van der Waals surface area contributed by atoms with E-state index in [0.29, 0.717) is 35.6 Å². The maximum Gasteiger partial charge on any atom is 0.0591 e. The van der Waals surface area contributed by atoms with Crippen LogP contribution in [0, 0.1) is 29.6 Å². The molecular weight excluding hydrogens is 677 g/mol. The standard InChI is InChI=1S/C54H54N2/c1-3-15-43(16-4-1)56(44-17-5-2-6-18-44)54-32-31-49-48-30-25-40(50-35-52(49)53(54)36-51(48)50)22-19-37-20-26-45(27-21-37)55(46-28-23-38-11-7-9-13-41(38)33-46)47-29-24-39-12-8-10-14-42(39)34-47/h3,7-9,11-13,15-17,19-20,22-31,33-34,37-38,40-41,50,54H,1-2,4-6,10,14,18,21,32,35-36H2/b22-19+. The molecule has 0 aromatic heterocycles. The van der Waals surface area contributed by atoms with Crippen LogP contribution in [0.4, 0.5) is 5.69 Å². The van der Waals surface area contributed by atoms with Gasteiger partial charge in [-0.2, -0.15) is 0 Å². The van der Waals surface area contributed by atoms with Gasteiger partial charge < -0.3 is 9.80 Å². The molecule has 6 unspecified atom stereocenters. The molecule has 2 heteroatoms. The maximum absolute atomic E-state index is 2.78. The second-order valence-electron chi connectivity index (χ2n) is 17.5. The second-order valence-corrected chi connectivity index (χ2v) is 17.5. The zero-order chi connectivity index (χ0) is 37.0. The van der Waals surface area contributed by atoms with Crippen molar-refractivity contribution in [3.63, 3.8) is 0 Å². The summed E-state index contributed by atoms with van der Waals surface area (Å²) >= 11 is 0. The van der Waals surface area contributed by atoms with Crippen LogP contribution < -0.4 is 4.90 Å². The van der Waals surface area contributed by atoms with Crippen molar-refractivity contribution in [2.45, 2.75) is 83.1 Å². The summed E-state index contributed by atoms with van der Waals surface area (Å²) in [6.07, 6.45) is 64.9. The molecule has 280 valence electrons. The van der Waals surface area contributed by atoms with Gasteiger partial charge >= 0.3 is 0 Å². The molecule has 0 saturated carbocycles. The van der Waals surface area contributed by atoms with E-state index in [2.05, 4.69) is 156 Å². The van der Waals surface area contributed by atoms with Gasteiger partial charge in [-0.05, 0) is 153 Å². The SMILES string of the molecule is C1=CC2C=CC(N(C3=CCC(/C=C/C4C=CC5=C6CC7=C(CC64)C5=CCC7N(C4=CCCC=C4)C4=CCCCC4)C=C3)c3ccc4c(c3)CCC=C4)=CC2C=C1. The van der Waals surface area contributed by atoms with Gasteiger partial charge in [-0.25, -0.2) is 0 Å². The molecule has 0 N–H and O–H groups in total. The van der Waals surface area contributed by atoms with Gasteiger partial charge in [-0.15, -0.1) is 0 Å². The molecule has 0 radical (unpaired) electrons. The van der Waals surface area contributed by atoms with E-state index < -0.39 is 0 Å². The van der Waals surface area contributed by atoms with Gasteiger partial charge in [-0.1, -0.05) is 121 Å². The topological polar surface area (TPSA) is 6.48 Å². The van der Waals surface area contributed by atoms with Crippen LogP contribution in [0.25, 0.3) is 6.08 Å². The van der Waals surface area contributed by atoms with Gasteiger partial charge in [0.1, 0.15) is 0 Å². The molecule has 0 heterocycles. The summed E-state index contributed by atoms with van der Waals surface area (Å²) in [5, 5.41) is 0. The average molecular weight is 731 g/mol. The summed E-state index contributed by atoms with van der Waals surface area (Å²) in [6.45, 7) is 0. The highest BCUT2D eigenvalue weighted by Crippen LogP contribution is 2.57. The summed E-state index contributed by atoms with van der Waals surface area (Å²) in [7, 11) is 0. The average Bonchev–Trinajstić information content (AvgIpc) is 3.26. The van der Waals surface area contributed by atoms with Crippen molar-refractivity contribution in [2.75, 3.05) is 4.90 Å². The fraction of sp³-hybridized carbons (Fsp3) is 0.333. The Morgan fingerprint density at radius 1 is 0.661 bits per heavy atom. The Morgan fingerprint density at radius 3 is 2.46 bits per heavy atom. The van der Waals surface area contributed by atoms with E-state index in [0.717, 1.165) is 38.5 Å². The Balaban J connectivity index is 0.828. The first kappa shape index (κ1) is 34.2. The summed E-state index contributed by atoms with van der Waals surface area (Å²) < 4.78 is 0. The highest BCUT2D eigenvalue weighted by atomic mass is 15.2. The largest absolute Gasteiger partial charge is 0.338 e. The minimum absolute atomic E-state index is 0.402. The molecule has 12 rings (SSSR count). The first-order chi connectivity index (χ1) is 27.7. The number of hydrogen-bond acceptors (Lipinski definition) is 2. The monoisotopic (exact) mass is 730 g/mol. The van der Waals surface area contributed by atoms with Crippen LogP contribution in [-0.4, -0.2) is 10.9 Å². The smallest absolute Gasteiger partial charge is 0.0591 e. The van der Waals surface area contributed by atoms with Gasteiger partial charge in [-0.3, -0.25) is 0 Å². The maximum atomic E-state index is 2.78. The zero-order valence-electron chi connectivity index (χ0n) is 32.7. The third-order valence-corrected chi connectivity index (χ3v) is 14.2. The predicted octanol–water partition coefficient (Wildman–Crippen LogP) is 13.2. The molecule has 0 saturated heterocycles. The van der Waals surface area contributed by atoms with E-state index >= 15 is 0 Å². The first-order valence-corrected chi connectivity index (χ1v) is 21.9. The Hall–Kier alpha value is -5.08. The summed E-state index contributed by atoms with van der Waals surface area (Å²) in [4.78, 5) is 5.29. The van der Waals surface area contributed by atoms with Crippen LogP contribution in [0.2, 0.25) is 0 Å². The number of nitrogens with zero attached hydrogens (tertiary/aromatic N) is 2. The van der Waals surface area contributed by atoms with E-state index in [-0.39, 0.29) is 0 Å². The van der Waals surface area contributed by atoms with Crippen LogP contribution in [0.1, 0.15) is 81.8 Å².